The average Bonchev–Trinajstić information content (AvgIpc) is 2.31. The first-order valence-electron chi connectivity index (χ1n) is 5.16. The fourth-order valence-corrected chi connectivity index (χ4v) is 1.27. The molecule has 0 N–H and O–H groups in total. The molecule has 1 aromatic rings. The van der Waals surface area contributed by atoms with Crippen molar-refractivity contribution in [2.24, 2.45) is 0 Å². The van der Waals surface area contributed by atoms with E-state index in [-0.39, 0.29) is 12.4 Å². The summed E-state index contributed by atoms with van der Waals surface area (Å²) in [5.41, 5.74) is 0.846. The largest absolute Gasteiger partial charge is 0.493 e. The van der Waals surface area contributed by atoms with Crippen LogP contribution in [-0.4, -0.2) is 19.7 Å². The van der Waals surface area contributed by atoms with E-state index in [4.69, 9.17) is 4.74 Å². The fourth-order valence-electron chi connectivity index (χ4n) is 1.27. The summed E-state index contributed by atoms with van der Waals surface area (Å²) in [6.07, 6.45) is 2.82. The summed E-state index contributed by atoms with van der Waals surface area (Å²) in [4.78, 5) is 11.2. The van der Waals surface area contributed by atoms with Crippen molar-refractivity contribution in [2.75, 3.05) is 13.7 Å². The minimum Gasteiger partial charge on any atom is -0.493 e. The third-order valence-corrected chi connectivity index (χ3v) is 2.11. The van der Waals surface area contributed by atoms with E-state index in [0.717, 1.165) is 17.7 Å². The monoisotopic (exact) mass is 220 g/mol. The molecule has 0 spiro atoms. The molecule has 3 nitrogen and oxygen atoms in total. The molecule has 0 aliphatic heterocycles. The number of rotatable bonds is 6. The second-order valence-electron chi connectivity index (χ2n) is 3.29. The van der Waals surface area contributed by atoms with E-state index in [1.807, 2.05) is 24.3 Å². The van der Waals surface area contributed by atoms with E-state index in [1.165, 1.54) is 7.11 Å². The summed E-state index contributed by atoms with van der Waals surface area (Å²) >= 11 is 0. The molecule has 0 fully saturated rings. The Morgan fingerprint density at radius 3 is 2.88 bits per heavy atom. The van der Waals surface area contributed by atoms with Crippen molar-refractivity contribution in [3.8, 4) is 5.75 Å². The molecule has 0 amide bonds. The molecule has 0 aliphatic rings. The van der Waals surface area contributed by atoms with Crippen molar-refractivity contribution >= 4 is 5.97 Å². The molecule has 0 unspecified atom stereocenters. The van der Waals surface area contributed by atoms with Crippen molar-refractivity contribution in [1.82, 2.24) is 0 Å². The van der Waals surface area contributed by atoms with Gasteiger partial charge in [-0.2, -0.15) is 0 Å². The number of esters is 1. The number of hydrogen-bond donors (Lipinski definition) is 0. The lowest BCUT2D eigenvalue weighted by Gasteiger charge is -2.09. The van der Waals surface area contributed by atoms with Crippen LogP contribution in [0.5, 0.6) is 5.75 Å². The molecule has 0 saturated heterocycles. The minimum absolute atomic E-state index is 0.237. The predicted octanol–water partition coefficient (Wildman–Crippen LogP) is 2.36. The molecule has 1 aromatic carbocycles. The predicted molar refractivity (Wildman–Crippen MR) is 62.5 cm³/mol. The molecule has 0 saturated carbocycles. The maximum absolute atomic E-state index is 11.2. The summed E-state index contributed by atoms with van der Waals surface area (Å²) in [5, 5.41) is 0. The minimum atomic E-state index is -0.264. The lowest BCUT2D eigenvalue weighted by atomic mass is 10.1. The maximum Gasteiger partial charge on any atom is 0.310 e. The van der Waals surface area contributed by atoms with Gasteiger partial charge in [0.05, 0.1) is 20.1 Å². The van der Waals surface area contributed by atoms with Crippen LogP contribution in [0, 0.1) is 0 Å². The lowest BCUT2D eigenvalue weighted by molar-refractivity contribution is -0.139. The Bertz CT molecular complexity index is 358. The van der Waals surface area contributed by atoms with Crippen LogP contribution < -0.4 is 4.74 Å². The van der Waals surface area contributed by atoms with Crippen LogP contribution in [0.25, 0.3) is 0 Å². The molecular formula is C13H16O3. The standard InChI is InChI=1S/C13H16O3/c1-3-4-9-16-12-8-6-5-7-11(12)10-13(14)15-2/h3,5-8H,1,4,9-10H2,2H3. The van der Waals surface area contributed by atoms with E-state index < -0.39 is 0 Å². The van der Waals surface area contributed by atoms with Crippen molar-refractivity contribution in [3.05, 3.63) is 42.5 Å². The highest BCUT2D eigenvalue weighted by Gasteiger charge is 2.08. The van der Waals surface area contributed by atoms with Crippen LogP contribution in [0.1, 0.15) is 12.0 Å². The van der Waals surface area contributed by atoms with E-state index in [1.54, 1.807) is 6.08 Å². The quantitative estimate of drug-likeness (QED) is 0.419. The van der Waals surface area contributed by atoms with Gasteiger partial charge in [0.25, 0.3) is 0 Å². The molecule has 0 atom stereocenters. The molecule has 0 bridgehead atoms. The third-order valence-electron chi connectivity index (χ3n) is 2.11. The highest BCUT2D eigenvalue weighted by molar-refractivity contribution is 5.73. The highest BCUT2D eigenvalue weighted by atomic mass is 16.5. The van der Waals surface area contributed by atoms with Crippen LogP contribution >= 0.6 is 0 Å². The Labute approximate surface area is 95.7 Å². The summed E-state index contributed by atoms with van der Waals surface area (Å²) in [6.45, 7) is 4.19. The summed E-state index contributed by atoms with van der Waals surface area (Å²) in [6, 6.07) is 7.46. The van der Waals surface area contributed by atoms with Gasteiger partial charge >= 0.3 is 5.97 Å². The average molecular weight is 220 g/mol. The van der Waals surface area contributed by atoms with Crippen LogP contribution in [0.2, 0.25) is 0 Å². The molecule has 0 aromatic heterocycles. The van der Waals surface area contributed by atoms with E-state index in [2.05, 4.69) is 11.3 Å². The lowest BCUT2D eigenvalue weighted by Crippen LogP contribution is -2.07. The van der Waals surface area contributed by atoms with Crippen molar-refractivity contribution in [2.45, 2.75) is 12.8 Å². The molecular weight excluding hydrogens is 204 g/mol. The van der Waals surface area contributed by atoms with Gasteiger partial charge in [-0.15, -0.1) is 6.58 Å². The first kappa shape index (κ1) is 12.3. The van der Waals surface area contributed by atoms with Crippen LogP contribution in [0.4, 0.5) is 0 Å². The topological polar surface area (TPSA) is 35.5 Å². The molecule has 1 rings (SSSR count). The number of carbonyl (C=O) groups is 1. The Hall–Kier alpha value is -1.77. The normalized spacial score (nSPS) is 9.56. The Morgan fingerprint density at radius 2 is 2.19 bits per heavy atom. The zero-order valence-electron chi connectivity index (χ0n) is 9.44. The van der Waals surface area contributed by atoms with Crippen LogP contribution in [0.3, 0.4) is 0 Å². The second-order valence-corrected chi connectivity index (χ2v) is 3.29. The van der Waals surface area contributed by atoms with Gasteiger partial charge in [-0.1, -0.05) is 24.3 Å². The molecule has 0 heterocycles. The number of benzene rings is 1. The summed E-state index contributed by atoms with van der Waals surface area (Å²) < 4.78 is 10.2. The van der Waals surface area contributed by atoms with Gasteiger partial charge < -0.3 is 9.47 Å². The third kappa shape index (κ3) is 3.77. The van der Waals surface area contributed by atoms with Gasteiger partial charge in [0.1, 0.15) is 5.75 Å². The van der Waals surface area contributed by atoms with Gasteiger partial charge in [0.15, 0.2) is 0 Å². The number of ether oxygens (including phenoxy) is 2. The zero-order chi connectivity index (χ0) is 11.8. The van der Waals surface area contributed by atoms with E-state index in [9.17, 15) is 4.79 Å². The zero-order valence-corrected chi connectivity index (χ0v) is 9.44. The molecule has 3 heteroatoms. The second kappa shape index (κ2) is 6.67. The van der Waals surface area contributed by atoms with Gasteiger partial charge in [-0.05, 0) is 12.5 Å². The smallest absolute Gasteiger partial charge is 0.310 e. The first-order chi connectivity index (χ1) is 7.77. The fraction of sp³-hybridized carbons (Fsp3) is 0.308. The van der Waals surface area contributed by atoms with Gasteiger partial charge in [0, 0.05) is 5.56 Å². The van der Waals surface area contributed by atoms with Gasteiger partial charge in [-0.3, -0.25) is 4.79 Å². The van der Waals surface area contributed by atoms with Crippen molar-refractivity contribution in [1.29, 1.82) is 0 Å². The molecule has 0 radical (unpaired) electrons. The highest BCUT2D eigenvalue weighted by Crippen LogP contribution is 2.19. The SMILES string of the molecule is C=CCCOc1ccccc1CC(=O)OC. The van der Waals surface area contributed by atoms with Crippen LogP contribution in [0.15, 0.2) is 36.9 Å². The van der Waals surface area contributed by atoms with E-state index in [0.29, 0.717) is 6.61 Å². The van der Waals surface area contributed by atoms with Gasteiger partial charge in [-0.25, -0.2) is 0 Å². The first-order valence-corrected chi connectivity index (χ1v) is 5.16. The maximum atomic E-state index is 11.2. The molecule has 16 heavy (non-hydrogen) atoms. The Kier molecular flexibility index (Phi) is 5.12. The Balaban J connectivity index is 2.67. The van der Waals surface area contributed by atoms with E-state index >= 15 is 0 Å². The number of carbonyl (C=O) groups excluding carboxylic acids is 1. The molecule has 0 aliphatic carbocycles. The van der Waals surface area contributed by atoms with Crippen LogP contribution in [-0.2, 0) is 16.0 Å². The van der Waals surface area contributed by atoms with Gasteiger partial charge in [0.2, 0.25) is 0 Å². The number of hydrogen-bond acceptors (Lipinski definition) is 3. The molecule has 86 valence electrons. The Morgan fingerprint density at radius 1 is 1.44 bits per heavy atom. The van der Waals surface area contributed by atoms with Crippen molar-refractivity contribution < 1.29 is 14.3 Å². The van der Waals surface area contributed by atoms with Crippen molar-refractivity contribution in [3.63, 3.8) is 0 Å². The number of para-hydroxylation sites is 1. The number of methoxy groups -OCH3 is 1. The summed E-state index contributed by atoms with van der Waals surface area (Å²) in [7, 11) is 1.38. The summed E-state index contributed by atoms with van der Waals surface area (Å²) in [5.74, 6) is 0.467.